The van der Waals surface area contributed by atoms with Crippen molar-refractivity contribution in [3.8, 4) is 5.75 Å². The lowest BCUT2D eigenvalue weighted by Crippen LogP contribution is -2.33. The molecule has 4 heteroatoms. The van der Waals surface area contributed by atoms with Crippen molar-refractivity contribution in [2.24, 2.45) is 0 Å². The third kappa shape index (κ3) is 2.83. The fourth-order valence-corrected chi connectivity index (χ4v) is 2.02. The predicted molar refractivity (Wildman–Crippen MR) is 65.6 cm³/mol. The summed E-state index contributed by atoms with van der Waals surface area (Å²) in [6.07, 6.45) is 1.79. The second-order valence-corrected chi connectivity index (χ2v) is 4.82. The Kier molecular flexibility index (Phi) is 3.50. The van der Waals surface area contributed by atoms with Gasteiger partial charge in [0.05, 0.1) is 25.9 Å². The average molecular weight is 250 g/mol. The quantitative estimate of drug-likeness (QED) is 0.883. The van der Waals surface area contributed by atoms with Gasteiger partial charge >= 0.3 is 0 Å². The Morgan fingerprint density at radius 1 is 1.17 bits per heavy atom. The summed E-state index contributed by atoms with van der Waals surface area (Å²) >= 11 is 0. The smallest absolute Gasteiger partial charge is 0.119 e. The van der Waals surface area contributed by atoms with Crippen LogP contribution in [0.4, 0.5) is 0 Å². The lowest BCUT2D eigenvalue weighted by molar-refractivity contribution is -0.133. The van der Waals surface area contributed by atoms with Gasteiger partial charge in [0, 0.05) is 0 Å². The van der Waals surface area contributed by atoms with Crippen LogP contribution in [0.5, 0.6) is 5.75 Å². The molecule has 0 aromatic heterocycles. The van der Waals surface area contributed by atoms with Gasteiger partial charge in [-0.05, 0) is 30.5 Å². The van der Waals surface area contributed by atoms with Crippen LogP contribution in [-0.2, 0) is 9.47 Å². The van der Waals surface area contributed by atoms with E-state index in [0.29, 0.717) is 25.9 Å². The number of ether oxygens (including phenoxy) is 3. The highest BCUT2D eigenvalue weighted by molar-refractivity contribution is 5.29. The number of rotatable bonds is 4. The number of benzene rings is 1. The molecule has 1 aliphatic carbocycles. The molecule has 98 valence electrons. The van der Waals surface area contributed by atoms with Crippen molar-refractivity contribution in [1.29, 1.82) is 0 Å². The number of aliphatic hydroxyl groups excluding tert-OH is 1. The van der Waals surface area contributed by atoms with E-state index in [1.54, 1.807) is 0 Å². The molecule has 1 aromatic rings. The monoisotopic (exact) mass is 250 g/mol. The first-order valence-electron chi connectivity index (χ1n) is 6.47. The third-order valence-electron chi connectivity index (χ3n) is 3.24. The normalized spacial score (nSPS) is 25.7. The van der Waals surface area contributed by atoms with E-state index in [4.69, 9.17) is 14.2 Å². The summed E-state index contributed by atoms with van der Waals surface area (Å²) in [7, 11) is 0. The molecule has 1 heterocycles. The maximum Gasteiger partial charge on any atom is 0.119 e. The van der Waals surface area contributed by atoms with E-state index in [0.717, 1.165) is 24.2 Å². The van der Waals surface area contributed by atoms with Gasteiger partial charge < -0.3 is 19.3 Å². The number of hydrogen-bond donors (Lipinski definition) is 1. The summed E-state index contributed by atoms with van der Waals surface area (Å²) in [5.74, 6) is 0.870. The van der Waals surface area contributed by atoms with Gasteiger partial charge in [0.15, 0.2) is 0 Å². The SMILES string of the molecule is OC(c1ccc(OC2CC2)cc1)C1COCCO1. The zero-order valence-electron chi connectivity index (χ0n) is 10.2. The fraction of sp³-hybridized carbons (Fsp3) is 0.571. The summed E-state index contributed by atoms with van der Waals surface area (Å²) in [5.41, 5.74) is 0.841. The van der Waals surface area contributed by atoms with Crippen LogP contribution in [0, 0.1) is 0 Å². The number of aliphatic hydroxyl groups is 1. The van der Waals surface area contributed by atoms with Crippen LogP contribution in [0.3, 0.4) is 0 Å². The van der Waals surface area contributed by atoms with Crippen molar-refractivity contribution >= 4 is 0 Å². The van der Waals surface area contributed by atoms with E-state index in [9.17, 15) is 5.11 Å². The second kappa shape index (κ2) is 5.26. The first-order chi connectivity index (χ1) is 8.83. The highest BCUT2D eigenvalue weighted by Crippen LogP contribution is 2.28. The fourth-order valence-electron chi connectivity index (χ4n) is 2.02. The third-order valence-corrected chi connectivity index (χ3v) is 3.24. The minimum Gasteiger partial charge on any atom is -0.490 e. The molecule has 2 unspecified atom stereocenters. The van der Waals surface area contributed by atoms with Crippen molar-refractivity contribution in [3.05, 3.63) is 29.8 Å². The van der Waals surface area contributed by atoms with E-state index in [1.807, 2.05) is 24.3 Å². The lowest BCUT2D eigenvalue weighted by atomic mass is 10.0. The maximum absolute atomic E-state index is 10.2. The van der Waals surface area contributed by atoms with Crippen molar-refractivity contribution < 1.29 is 19.3 Å². The highest BCUT2D eigenvalue weighted by Gasteiger charge is 2.25. The molecule has 0 radical (unpaired) electrons. The van der Waals surface area contributed by atoms with E-state index >= 15 is 0 Å². The minimum atomic E-state index is -0.639. The molecule has 3 rings (SSSR count). The predicted octanol–water partition coefficient (Wildman–Crippen LogP) is 1.68. The lowest BCUT2D eigenvalue weighted by Gasteiger charge is -2.27. The first kappa shape index (κ1) is 12.0. The van der Waals surface area contributed by atoms with Crippen molar-refractivity contribution in [2.45, 2.75) is 31.2 Å². The minimum absolute atomic E-state index is 0.269. The zero-order chi connectivity index (χ0) is 12.4. The number of hydrogen-bond acceptors (Lipinski definition) is 4. The molecule has 1 saturated heterocycles. The molecule has 2 aliphatic rings. The summed E-state index contributed by atoms with van der Waals surface area (Å²) in [4.78, 5) is 0. The zero-order valence-corrected chi connectivity index (χ0v) is 10.2. The Bertz CT molecular complexity index is 379. The molecule has 1 saturated carbocycles. The molecule has 2 fully saturated rings. The van der Waals surface area contributed by atoms with Gasteiger partial charge in [-0.3, -0.25) is 0 Å². The Morgan fingerprint density at radius 3 is 2.56 bits per heavy atom. The van der Waals surface area contributed by atoms with E-state index < -0.39 is 6.10 Å². The highest BCUT2D eigenvalue weighted by atomic mass is 16.6. The molecular weight excluding hydrogens is 232 g/mol. The van der Waals surface area contributed by atoms with Crippen molar-refractivity contribution in [2.75, 3.05) is 19.8 Å². The van der Waals surface area contributed by atoms with Gasteiger partial charge in [0.2, 0.25) is 0 Å². The molecule has 1 aromatic carbocycles. The van der Waals surface area contributed by atoms with Gasteiger partial charge in [-0.1, -0.05) is 12.1 Å². The van der Waals surface area contributed by atoms with E-state index in [2.05, 4.69) is 0 Å². The first-order valence-corrected chi connectivity index (χ1v) is 6.47. The van der Waals surface area contributed by atoms with Gasteiger partial charge in [-0.2, -0.15) is 0 Å². The summed E-state index contributed by atoms with van der Waals surface area (Å²) in [6, 6.07) is 7.59. The van der Waals surface area contributed by atoms with E-state index in [-0.39, 0.29) is 6.10 Å². The molecule has 0 spiro atoms. The van der Waals surface area contributed by atoms with Gasteiger partial charge in [0.1, 0.15) is 18.0 Å². The van der Waals surface area contributed by atoms with Crippen LogP contribution in [0.2, 0.25) is 0 Å². The van der Waals surface area contributed by atoms with Crippen molar-refractivity contribution in [1.82, 2.24) is 0 Å². The largest absolute Gasteiger partial charge is 0.490 e. The molecule has 18 heavy (non-hydrogen) atoms. The van der Waals surface area contributed by atoms with E-state index in [1.165, 1.54) is 0 Å². The summed E-state index contributed by atoms with van der Waals surface area (Å²) in [6.45, 7) is 1.60. The van der Waals surface area contributed by atoms with Crippen LogP contribution in [0.25, 0.3) is 0 Å². The van der Waals surface area contributed by atoms with Crippen LogP contribution in [-0.4, -0.2) is 37.1 Å². The average Bonchev–Trinajstić information content (AvgIpc) is 3.24. The maximum atomic E-state index is 10.2. The van der Waals surface area contributed by atoms with Gasteiger partial charge in [-0.25, -0.2) is 0 Å². The molecular formula is C14H18O4. The van der Waals surface area contributed by atoms with Crippen LogP contribution in [0.1, 0.15) is 24.5 Å². The Hall–Kier alpha value is -1.10. The Balaban J connectivity index is 1.63. The standard InChI is InChI=1S/C14H18O4/c15-14(13-9-16-7-8-17-13)10-1-3-11(4-2-10)18-12-5-6-12/h1-4,12-15H,5-9H2. The molecule has 4 nitrogen and oxygen atoms in total. The van der Waals surface area contributed by atoms with Gasteiger partial charge in [0.25, 0.3) is 0 Å². The topological polar surface area (TPSA) is 47.9 Å². The Labute approximate surface area is 106 Å². The Morgan fingerprint density at radius 2 is 1.94 bits per heavy atom. The molecule has 1 N–H and O–H groups in total. The molecule has 0 bridgehead atoms. The van der Waals surface area contributed by atoms with Gasteiger partial charge in [-0.15, -0.1) is 0 Å². The molecule has 1 aliphatic heterocycles. The van der Waals surface area contributed by atoms with Crippen LogP contribution < -0.4 is 4.74 Å². The second-order valence-electron chi connectivity index (χ2n) is 4.82. The molecule has 0 amide bonds. The summed E-state index contributed by atoms with van der Waals surface area (Å²) < 4.78 is 16.5. The van der Waals surface area contributed by atoms with Crippen LogP contribution >= 0.6 is 0 Å². The van der Waals surface area contributed by atoms with Crippen LogP contribution in [0.15, 0.2) is 24.3 Å². The molecule has 2 atom stereocenters. The summed E-state index contributed by atoms with van der Waals surface area (Å²) in [5, 5.41) is 10.2. The van der Waals surface area contributed by atoms with Crippen molar-refractivity contribution in [3.63, 3.8) is 0 Å².